The van der Waals surface area contributed by atoms with Crippen LogP contribution >= 0.6 is 0 Å². The molecule has 1 aliphatic heterocycles. The number of carboxylic acids is 1. The van der Waals surface area contributed by atoms with Gasteiger partial charge in [-0.05, 0) is 18.9 Å². The van der Waals surface area contributed by atoms with Crippen LogP contribution in [0.5, 0.6) is 0 Å². The fourth-order valence-electron chi connectivity index (χ4n) is 2.31. The topological polar surface area (TPSA) is 102 Å². The van der Waals surface area contributed by atoms with Crippen LogP contribution in [0.2, 0.25) is 0 Å². The van der Waals surface area contributed by atoms with Crippen LogP contribution in [-0.4, -0.2) is 58.0 Å². The van der Waals surface area contributed by atoms with E-state index < -0.39 is 17.9 Å². The Kier molecular flexibility index (Phi) is 4.69. The van der Waals surface area contributed by atoms with Gasteiger partial charge in [0.2, 0.25) is 0 Å². The van der Waals surface area contributed by atoms with Gasteiger partial charge in [0.05, 0.1) is 13.2 Å². The van der Waals surface area contributed by atoms with Crippen LogP contribution in [0.25, 0.3) is 0 Å². The maximum atomic E-state index is 12.4. The number of ether oxygens (including phenoxy) is 1. The van der Waals surface area contributed by atoms with Gasteiger partial charge >= 0.3 is 5.97 Å². The van der Waals surface area contributed by atoms with Gasteiger partial charge in [-0.2, -0.15) is 5.10 Å². The molecule has 0 aromatic carbocycles. The number of amides is 1. The molecule has 114 valence electrons. The average Bonchev–Trinajstić information content (AvgIpc) is 2.95. The number of rotatable bonds is 5. The van der Waals surface area contributed by atoms with Crippen molar-refractivity contribution in [3.8, 4) is 0 Å². The summed E-state index contributed by atoms with van der Waals surface area (Å²) in [4.78, 5) is 36.4. The minimum atomic E-state index is -1.02. The lowest BCUT2D eigenvalue weighted by Gasteiger charge is -2.21. The highest BCUT2D eigenvalue weighted by Gasteiger charge is 2.35. The Morgan fingerprint density at radius 1 is 1.48 bits per heavy atom. The first-order valence-electron chi connectivity index (χ1n) is 6.65. The van der Waals surface area contributed by atoms with Crippen molar-refractivity contribution >= 4 is 11.9 Å². The second-order valence-electron chi connectivity index (χ2n) is 4.77. The molecule has 1 fully saturated rings. The molecule has 0 spiro atoms. The molecule has 1 aliphatic rings. The SMILES string of the molecule is COCCn1nc(C(=O)N2CCCC2C(=O)O)ccc1=O. The number of carboxylic acid groups (broad SMARTS) is 1. The maximum absolute atomic E-state index is 12.4. The molecule has 2 heterocycles. The highest BCUT2D eigenvalue weighted by atomic mass is 16.5. The van der Waals surface area contributed by atoms with E-state index in [-0.39, 0.29) is 17.8 Å². The van der Waals surface area contributed by atoms with E-state index in [4.69, 9.17) is 9.84 Å². The number of carbonyl (C=O) groups is 2. The monoisotopic (exact) mass is 295 g/mol. The van der Waals surface area contributed by atoms with Crippen LogP contribution in [-0.2, 0) is 16.1 Å². The molecule has 1 saturated heterocycles. The molecule has 1 N–H and O–H groups in total. The van der Waals surface area contributed by atoms with Gasteiger partial charge < -0.3 is 14.7 Å². The molecule has 1 atom stereocenters. The lowest BCUT2D eigenvalue weighted by molar-refractivity contribution is -0.141. The van der Waals surface area contributed by atoms with Gasteiger partial charge in [0, 0.05) is 19.7 Å². The largest absolute Gasteiger partial charge is 0.480 e. The molecule has 0 radical (unpaired) electrons. The van der Waals surface area contributed by atoms with E-state index in [9.17, 15) is 14.4 Å². The van der Waals surface area contributed by atoms with Crippen molar-refractivity contribution in [3.63, 3.8) is 0 Å². The van der Waals surface area contributed by atoms with Gasteiger partial charge in [-0.3, -0.25) is 9.59 Å². The van der Waals surface area contributed by atoms with Crippen molar-refractivity contribution in [3.05, 3.63) is 28.2 Å². The third kappa shape index (κ3) is 3.27. The second kappa shape index (κ2) is 6.49. The first kappa shape index (κ1) is 15.2. The Hall–Kier alpha value is -2.22. The average molecular weight is 295 g/mol. The quantitative estimate of drug-likeness (QED) is 0.791. The van der Waals surface area contributed by atoms with Crippen molar-refractivity contribution in [2.24, 2.45) is 0 Å². The van der Waals surface area contributed by atoms with Crippen LogP contribution in [0.1, 0.15) is 23.3 Å². The zero-order chi connectivity index (χ0) is 15.4. The summed E-state index contributed by atoms with van der Waals surface area (Å²) in [7, 11) is 1.50. The zero-order valence-electron chi connectivity index (χ0n) is 11.7. The zero-order valence-corrected chi connectivity index (χ0v) is 11.7. The highest BCUT2D eigenvalue weighted by Crippen LogP contribution is 2.19. The fourth-order valence-corrected chi connectivity index (χ4v) is 2.31. The van der Waals surface area contributed by atoms with Gasteiger partial charge in [-0.15, -0.1) is 0 Å². The summed E-state index contributed by atoms with van der Waals surface area (Å²) in [6.45, 7) is 0.916. The molecule has 1 unspecified atom stereocenters. The first-order valence-corrected chi connectivity index (χ1v) is 6.65. The Bertz CT molecular complexity index is 598. The van der Waals surface area contributed by atoms with E-state index in [1.54, 1.807) is 0 Å². The van der Waals surface area contributed by atoms with E-state index in [1.807, 2.05) is 0 Å². The number of nitrogens with zero attached hydrogens (tertiary/aromatic N) is 3. The van der Waals surface area contributed by atoms with Crippen LogP contribution in [0.15, 0.2) is 16.9 Å². The van der Waals surface area contributed by atoms with Crippen molar-refractivity contribution in [1.29, 1.82) is 0 Å². The highest BCUT2D eigenvalue weighted by molar-refractivity contribution is 5.95. The summed E-state index contributed by atoms with van der Waals surface area (Å²) in [6, 6.07) is 1.76. The number of carbonyl (C=O) groups excluding carboxylic acids is 1. The van der Waals surface area contributed by atoms with Gasteiger partial charge in [-0.1, -0.05) is 0 Å². The molecule has 21 heavy (non-hydrogen) atoms. The molecule has 0 bridgehead atoms. The number of methoxy groups -OCH3 is 1. The Labute approximate surface area is 120 Å². The van der Waals surface area contributed by atoms with E-state index in [0.29, 0.717) is 26.0 Å². The van der Waals surface area contributed by atoms with Crippen LogP contribution in [0.4, 0.5) is 0 Å². The molecule has 2 rings (SSSR count). The summed E-state index contributed by atoms with van der Waals surface area (Å²) in [5.74, 6) is -1.49. The van der Waals surface area contributed by atoms with E-state index in [0.717, 1.165) is 4.68 Å². The number of likely N-dealkylation sites (tertiary alicyclic amines) is 1. The van der Waals surface area contributed by atoms with E-state index in [1.165, 1.54) is 24.1 Å². The summed E-state index contributed by atoms with van der Waals surface area (Å²) in [5, 5.41) is 13.1. The molecule has 1 aromatic rings. The van der Waals surface area contributed by atoms with Crippen LogP contribution in [0.3, 0.4) is 0 Å². The van der Waals surface area contributed by atoms with E-state index >= 15 is 0 Å². The minimum Gasteiger partial charge on any atom is -0.480 e. The first-order chi connectivity index (χ1) is 10.0. The normalized spacial score (nSPS) is 18.0. The van der Waals surface area contributed by atoms with Crippen molar-refractivity contribution in [2.45, 2.75) is 25.4 Å². The molecule has 8 heteroatoms. The molecular weight excluding hydrogens is 278 g/mol. The lowest BCUT2D eigenvalue weighted by atomic mass is 10.2. The third-order valence-corrected chi connectivity index (χ3v) is 3.39. The van der Waals surface area contributed by atoms with Crippen LogP contribution < -0.4 is 5.56 Å². The Balaban J connectivity index is 2.23. The summed E-state index contributed by atoms with van der Waals surface area (Å²) in [5.41, 5.74) is -0.265. The smallest absolute Gasteiger partial charge is 0.326 e. The summed E-state index contributed by atoms with van der Waals surface area (Å²) < 4.78 is 6.02. The maximum Gasteiger partial charge on any atom is 0.326 e. The standard InChI is InChI=1S/C13H17N3O5/c1-21-8-7-16-11(17)5-4-9(14-16)12(18)15-6-2-3-10(15)13(19)20/h4-5,10H,2-3,6-8H2,1H3,(H,19,20). The van der Waals surface area contributed by atoms with Gasteiger partial charge in [0.1, 0.15) is 11.7 Å². The Morgan fingerprint density at radius 2 is 2.24 bits per heavy atom. The predicted molar refractivity (Wildman–Crippen MR) is 72.1 cm³/mol. The van der Waals surface area contributed by atoms with Crippen molar-refractivity contribution < 1.29 is 19.4 Å². The van der Waals surface area contributed by atoms with Crippen molar-refractivity contribution in [1.82, 2.24) is 14.7 Å². The van der Waals surface area contributed by atoms with Gasteiger partial charge in [0.25, 0.3) is 11.5 Å². The molecule has 0 saturated carbocycles. The predicted octanol–water partition coefficient (Wildman–Crippen LogP) is -0.421. The van der Waals surface area contributed by atoms with Gasteiger partial charge in [-0.25, -0.2) is 9.48 Å². The minimum absolute atomic E-state index is 0.0684. The molecule has 1 aromatic heterocycles. The van der Waals surface area contributed by atoms with E-state index in [2.05, 4.69) is 5.10 Å². The molecule has 8 nitrogen and oxygen atoms in total. The number of hydrogen-bond donors (Lipinski definition) is 1. The number of hydrogen-bond acceptors (Lipinski definition) is 5. The number of aromatic nitrogens is 2. The summed E-state index contributed by atoms with van der Waals surface area (Å²) in [6.07, 6.45) is 1.08. The number of aliphatic carboxylic acids is 1. The Morgan fingerprint density at radius 3 is 2.90 bits per heavy atom. The third-order valence-electron chi connectivity index (χ3n) is 3.39. The van der Waals surface area contributed by atoms with Gasteiger partial charge in [0.15, 0.2) is 0 Å². The molecular formula is C13H17N3O5. The fraction of sp³-hybridized carbons (Fsp3) is 0.538. The molecule has 0 aliphatic carbocycles. The van der Waals surface area contributed by atoms with Crippen molar-refractivity contribution in [2.75, 3.05) is 20.3 Å². The molecule has 1 amide bonds. The second-order valence-corrected chi connectivity index (χ2v) is 4.77. The lowest BCUT2D eigenvalue weighted by Crippen LogP contribution is -2.41. The van der Waals surface area contributed by atoms with Crippen LogP contribution in [0, 0.1) is 0 Å². The summed E-state index contributed by atoms with van der Waals surface area (Å²) >= 11 is 0.